The van der Waals surface area contributed by atoms with Gasteiger partial charge in [0.05, 0.1) is 17.2 Å². The van der Waals surface area contributed by atoms with E-state index in [1.807, 2.05) is 13.8 Å². The predicted octanol–water partition coefficient (Wildman–Crippen LogP) is 1.19. The minimum Gasteiger partial charge on any atom is -0.370 e. The first-order chi connectivity index (χ1) is 8.91. The van der Waals surface area contributed by atoms with Crippen LogP contribution in [0.15, 0.2) is 12.1 Å². The zero-order valence-electron chi connectivity index (χ0n) is 11.0. The average Bonchev–Trinajstić information content (AvgIpc) is 2.32. The maximum absolute atomic E-state index is 11.9. The Kier molecular flexibility index (Phi) is 5.79. The first-order valence-corrected chi connectivity index (χ1v) is 6.20. The number of rotatable bonds is 6. The third-order valence-electron chi connectivity index (χ3n) is 2.60. The van der Waals surface area contributed by atoms with E-state index >= 15 is 0 Å². The number of carbonyl (C=O) groups is 2. The summed E-state index contributed by atoms with van der Waals surface area (Å²) in [5.41, 5.74) is 7.37. The van der Waals surface area contributed by atoms with Crippen molar-refractivity contribution in [2.24, 2.45) is 5.73 Å². The fourth-order valence-electron chi connectivity index (χ4n) is 1.46. The predicted molar refractivity (Wildman–Crippen MR) is 73.3 cm³/mol. The Bertz CT molecular complexity index is 489. The van der Waals surface area contributed by atoms with Gasteiger partial charge in [0.25, 0.3) is 5.91 Å². The lowest BCUT2D eigenvalue weighted by molar-refractivity contribution is -0.122. The molecule has 1 aromatic rings. The van der Waals surface area contributed by atoms with Gasteiger partial charge in [0.1, 0.15) is 6.61 Å². The van der Waals surface area contributed by atoms with Crippen molar-refractivity contribution >= 4 is 23.4 Å². The standard InChI is InChI=1S/C13H17ClN2O3/c1-8-5-10(11(14)6-9(8)2)13(18)16-3-4-19-7-12(15)17/h5-6H,3-4,7H2,1-2H3,(H2,15,17)(H,16,18). The summed E-state index contributed by atoms with van der Waals surface area (Å²) in [6.07, 6.45) is 0. The van der Waals surface area contributed by atoms with Crippen LogP contribution in [-0.2, 0) is 9.53 Å². The molecule has 0 saturated carbocycles. The maximum atomic E-state index is 11.9. The van der Waals surface area contributed by atoms with Crippen LogP contribution in [0.5, 0.6) is 0 Å². The van der Waals surface area contributed by atoms with E-state index in [-0.39, 0.29) is 25.7 Å². The Morgan fingerprint density at radius 1 is 1.32 bits per heavy atom. The number of aryl methyl sites for hydroxylation is 2. The van der Waals surface area contributed by atoms with E-state index in [9.17, 15) is 9.59 Å². The molecule has 19 heavy (non-hydrogen) atoms. The van der Waals surface area contributed by atoms with Crippen LogP contribution in [0.1, 0.15) is 21.5 Å². The van der Waals surface area contributed by atoms with Gasteiger partial charge in [0.2, 0.25) is 5.91 Å². The van der Waals surface area contributed by atoms with Crippen molar-refractivity contribution in [2.75, 3.05) is 19.8 Å². The van der Waals surface area contributed by atoms with Crippen LogP contribution < -0.4 is 11.1 Å². The summed E-state index contributed by atoms with van der Waals surface area (Å²) in [7, 11) is 0. The average molecular weight is 285 g/mol. The van der Waals surface area contributed by atoms with E-state index in [4.69, 9.17) is 22.1 Å². The van der Waals surface area contributed by atoms with Crippen molar-refractivity contribution < 1.29 is 14.3 Å². The Balaban J connectivity index is 2.50. The normalized spacial score (nSPS) is 10.3. The first kappa shape index (κ1) is 15.5. The molecular weight excluding hydrogens is 268 g/mol. The highest BCUT2D eigenvalue weighted by molar-refractivity contribution is 6.33. The molecule has 104 valence electrons. The number of benzene rings is 1. The van der Waals surface area contributed by atoms with Crippen molar-refractivity contribution in [3.05, 3.63) is 33.8 Å². The molecule has 0 heterocycles. The second-order valence-corrected chi connectivity index (χ2v) is 4.60. The topological polar surface area (TPSA) is 81.4 Å². The molecule has 1 rings (SSSR count). The summed E-state index contributed by atoms with van der Waals surface area (Å²) in [6.45, 7) is 4.20. The molecule has 0 bridgehead atoms. The molecule has 0 saturated heterocycles. The summed E-state index contributed by atoms with van der Waals surface area (Å²) >= 11 is 6.02. The maximum Gasteiger partial charge on any atom is 0.252 e. The van der Waals surface area contributed by atoms with Crippen LogP contribution in [0.4, 0.5) is 0 Å². The Morgan fingerprint density at radius 3 is 2.58 bits per heavy atom. The summed E-state index contributed by atoms with van der Waals surface area (Å²) in [4.78, 5) is 22.3. The Hall–Kier alpha value is -1.59. The minimum atomic E-state index is -0.538. The number of primary amides is 1. The molecular formula is C13H17ClN2O3. The fourth-order valence-corrected chi connectivity index (χ4v) is 1.76. The summed E-state index contributed by atoms with van der Waals surface area (Å²) in [5, 5.41) is 3.08. The molecule has 0 aromatic heterocycles. The fraction of sp³-hybridized carbons (Fsp3) is 0.385. The van der Waals surface area contributed by atoms with Crippen molar-refractivity contribution in [3.8, 4) is 0 Å². The van der Waals surface area contributed by atoms with Gasteiger partial charge in [-0.3, -0.25) is 9.59 Å². The van der Waals surface area contributed by atoms with Crippen molar-refractivity contribution in [1.29, 1.82) is 0 Å². The van der Waals surface area contributed by atoms with Gasteiger partial charge in [0, 0.05) is 6.54 Å². The molecule has 1 aromatic carbocycles. The number of nitrogens with one attached hydrogen (secondary N) is 1. The van der Waals surface area contributed by atoms with E-state index in [0.29, 0.717) is 10.6 Å². The van der Waals surface area contributed by atoms with E-state index in [1.165, 1.54) is 0 Å². The van der Waals surface area contributed by atoms with Gasteiger partial charge in [-0.25, -0.2) is 0 Å². The molecule has 0 aliphatic carbocycles. The van der Waals surface area contributed by atoms with Crippen molar-refractivity contribution in [1.82, 2.24) is 5.32 Å². The van der Waals surface area contributed by atoms with Gasteiger partial charge in [-0.05, 0) is 37.1 Å². The number of hydrogen-bond acceptors (Lipinski definition) is 3. The molecule has 0 aliphatic rings. The third kappa shape index (κ3) is 4.89. The first-order valence-electron chi connectivity index (χ1n) is 5.83. The van der Waals surface area contributed by atoms with Gasteiger partial charge in [-0.2, -0.15) is 0 Å². The van der Waals surface area contributed by atoms with Crippen LogP contribution in [0.25, 0.3) is 0 Å². The van der Waals surface area contributed by atoms with Gasteiger partial charge in [-0.15, -0.1) is 0 Å². The second-order valence-electron chi connectivity index (χ2n) is 4.19. The van der Waals surface area contributed by atoms with Crippen LogP contribution in [0.2, 0.25) is 5.02 Å². The zero-order valence-corrected chi connectivity index (χ0v) is 11.7. The number of amides is 2. The minimum absolute atomic E-state index is 0.153. The molecule has 0 atom stereocenters. The van der Waals surface area contributed by atoms with Gasteiger partial charge < -0.3 is 15.8 Å². The van der Waals surface area contributed by atoms with Crippen molar-refractivity contribution in [2.45, 2.75) is 13.8 Å². The number of nitrogens with two attached hydrogens (primary N) is 1. The van der Waals surface area contributed by atoms with E-state index in [0.717, 1.165) is 11.1 Å². The van der Waals surface area contributed by atoms with E-state index in [1.54, 1.807) is 12.1 Å². The summed E-state index contributed by atoms with van der Waals surface area (Å²) in [5.74, 6) is -0.806. The summed E-state index contributed by atoms with van der Waals surface area (Å²) in [6, 6.07) is 3.51. The Morgan fingerprint density at radius 2 is 1.95 bits per heavy atom. The lowest BCUT2D eigenvalue weighted by atomic mass is 10.1. The third-order valence-corrected chi connectivity index (χ3v) is 2.92. The second kappa shape index (κ2) is 7.11. The molecule has 0 aliphatic heterocycles. The SMILES string of the molecule is Cc1cc(Cl)c(C(=O)NCCOCC(N)=O)cc1C. The number of hydrogen-bond donors (Lipinski definition) is 2. The van der Waals surface area contributed by atoms with Gasteiger partial charge in [0.15, 0.2) is 0 Å². The van der Waals surface area contributed by atoms with Crippen LogP contribution >= 0.6 is 11.6 Å². The quantitative estimate of drug-likeness (QED) is 0.770. The largest absolute Gasteiger partial charge is 0.370 e. The lowest BCUT2D eigenvalue weighted by Crippen LogP contribution is -2.29. The van der Waals surface area contributed by atoms with Crippen LogP contribution in [-0.4, -0.2) is 31.6 Å². The number of ether oxygens (including phenoxy) is 1. The van der Waals surface area contributed by atoms with Crippen LogP contribution in [0, 0.1) is 13.8 Å². The molecule has 2 amide bonds. The zero-order chi connectivity index (χ0) is 14.4. The molecule has 0 radical (unpaired) electrons. The van der Waals surface area contributed by atoms with Crippen LogP contribution in [0.3, 0.4) is 0 Å². The number of carbonyl (C=O) groups excluding carboxylic acids is 2. The molecule has 3 N–H and O–H groups in total. The van der Waals surface area contributed by atoms with E-state index < -0.39 is 5.91 Å². The highest BCUT2D eigenvalue weighted by Gasteiger charge is 2.11. The van der Waals surface area contributed by atoms with Crippen molar-refractivity contribution in [3.63, 3.8) is 0 Å². The lowest BCUT2D eigenvalue weighted by Gasteiger charge is -2.09. The molecule has 0 spiro atoms. The van der Waals surface area contributed by atoms with E-state index in [2.05, 4.69) is 5.32 Å². The molecule has 0 unspecified atom stereocenters. The van der Waals surface area contributed by atoms with Gasteiger partial charge in [-0.1, -0.05) is 11.6 Å². The Labute approximate surface area is 117 Å². The molecule has 0 fully saturated rings. The highest BCUT2D eigenvalue weighted by atomic mass is 35.5. The molecule has 6 heteroatoms. The molecule has 5 nitrogen and oxygen atoms in total. The van der Waals surface area contributed by atoms with Gasteiger partial charge >= 0.3 is 0 Å². The number of halogens is 1. The highest BCUT2D eigenvalue weighted by Crippen LogP contribution is 2.20. The smallest absolute Gasteiger partial charge is 0.252 e. The monoisotopic (exact) mass is 284 g/mol. The summed E-state index contributed by atoms with van der Waals surface area (Å²) < 4.78 is 4.93.